The lowest BCUT2D eigenvalue weighted by atomic mass is 10.1. The van der Waals surface area contributed by atoms with E-state index in [1.807, 2.05) is 29.3 Å². The molecule has 0 saturated carbocycles. The Bertz CT molecular complexity index is 774. The number of nitrogens with zero attached hydrogens (tertiary/aromatic N) is 2. The number of aromatic nitrogens is 1. The SMILES string of the molecule is O=C([C@H]1CCC(=O)N1Cc1c[nH]c2ccccc12)N1CCCCCC1. The third-order valence-electron chi connectivity index (χ3n) is 5.55. The summed E-state index contributed by atoms with van der Waals surface area (Å²) in [5.74, 6) is 0.242. The molecule has 3 heterocycles. The van der Waals surface area contributed by atoms with Gasteiger partial charge in [-0.25, -0.2) is 0 Å². The maximum atomic E-state index is 13.0. The monoisotopic (exact) mass is 339 g/mol. The standard InChI is InChI=1S/C20H25N3O2/c24-19-10-9-18(20(25)22-11-5-1-2-6-12-22)23(19)14-15-13-21-17-8-4-3-7-16(15)17/h3-4,7-8,13,18,21H,1-2,5-6,9-12,14H2/t18-/m1/s1. The first-order valence-electron chi connectivity index (χ1n) is 9.37. The Kier molecular flexibility index (Phi) is 4.47. The number of carbonyl (C=O) groups excluding carboxylic acids is 2. The summed E-state index contributed by atoms with van der Waals surface area (Å²) in [6.07, 6.45) is 7.65. The van der Waals surface area contributed by atoms with E-state index in [0.717, 1.165) is 42.4 Å². The molecular weight excluding hydrogens is 314 g/mol. The Morgan fingerprint density at radius 1 is 1.12 bits per heavy atom. The van der Waals surface area contributed by atoms with Gasteiger partial charge in [0.25, 0.3) is 0 Å². The average Bonchev–Trinajstić information content (AvgIpc) is 3.08. The van der Waals surface area contributed by atoms with E-state index >= 15 is 0 Å². The second kappa shape index (κ2) is 6.90. The van der Waals surface area contributed by atoms with Crippen LogP contribution in [0.4, 0.5) is 0 Å². The zero-order valence-corrected chi connectivity index (χ0v) is 14.5. The van der Waals surface area contributed by atoms with Crippen LogP contribution in [0.1, 0.15) is 44.1 Å². The Balaban J connectivity index is 1.54. The first-order valence-corrected chi connectivity index (χ1v) is 9.37. The fraction of sp³-hybridized carbons (Fsp3) is 0.500. The highest BCUT2D eigenvalue weighted by atomic mass is 16.2. The van der Waals surface area contributed by atoms with Gasteiger partial charge in [0.2, 0.25) is 11.8 Å². The molecule has 25 heavy (non-hydrogen) atoms. The number of benzene rings is 1. The molecule has 2 aromatic rings. The molecule has 1 aromatic carbocycles. The summed E-state index contributed by atoms with van der Waals surface area (Å²) in [5, 5.41) is 1.13. The number of nitrogens with one attached hydrogen (secondary N) is 1. The molecule has 2 saturated heterocycles. The highest BCUT2D eigenvalue weighted by Gasteiger charge is 2.38. The van der Waals surface area contributed by atoms with Gasteiger partial charge in [-0.2, -0.15) is 0 Å². The Labute approximate surface area is 148 Å². The van der Waals surface area contributed by atoms with Gasteiger partial charge >= 0.3 is 0 Å². The maximum absolute atomic E-state index is 13.0. The van der Waals surface area contributed by atoms with E-state index in [9.17, 15) is 9.59 Å². The minimum absolute atomic E-state index is 0.0958. The van der Waals surface area contributed by atoms with Crippen molar-refractivity contribution in [1.29, 1.82) is 0 Å². The second-order valence-corrected chi connectivity index (χ2v) is 7.18. The Morgan fingerprint density at radius 2 is 1.88 bits per heavy atom. The zero-order valence-electron chi connectivity index (χ0n) is 14.5. The molecule has 2 aliphatic heterocycles. The summed E-state index contributed by atoms with van der Waals surface area (Å²) in [5.41, 5.74) is 2.15. The zero-order chi connectivity index (χ0) is 17.2. The molecule has 2 fully saturated rings. The van der Waals surface area contributed by atoms with Gasteiger partial charge in [0.05, 0.1) is 0 Å². The van der Waals surface area contributed by atoms with Gasteiger partial charge in [-0.05, 0) is 30.9 Å². The van der Waals surface area contributed by atoms with E-state index in [-0.39, 0.29) is 17.9 Å². The molecule has 1 aromatic heterocycles. The fourth-order valence-electron chi connectivity index (χ4n) is 4.14. The van der Waals surface area contributed by atoms with Crippen LogP contribution in [-0.4, -0.2) is 45.7 Å². The predicted octanol–water partition coefficient (Wildman–Crippen LogP) is 3.06. The molecule has 0 radical (unpaired) electrons. The summed E-state index contributed by atoms with van der Waals surface area (Å²) >= 11 is 0. The van der Waals surface area contributed by atoms with Gasteiger partial charge in [0, 0.05) is 43.2 Å². The van der Waals surface area contributed by atoms with Crippen molar-refractivity contribution in [2.45, 2.75) is 51.1 Å². The van der Waals surface area contributed by atoms with E-state index in [1.165, 1.54) is 12.8 Å². The minimum Gasteiger partial charge on any atom is -0.361 e. The number of aromatic amines is 1. The highest BCUT2D eigenvalue weighted by Crippen LogP contribution is 2.27. The second-order valence-electron chi connectivity index (χ2n) is 7.18. The predicted molar refractivity (Wildman–Crippen MR) is 96.9 cm³/mol. The fourth-order valence-corrected chi connectivity index (χ4v) is 4.14. The number of fused-ring (bicyclic) bond motifs is 1. The molecule has 1 N–H and O–H groups in total. The van der Waals surface area contributed by atoms with Crippen LogP contribution in [0.5, 0.6) is 0 Å². The molecule has 132 valence electrons. The van der Waals surface area contributed by atoms with Crippen molar-refractivity contribution in [3.8, 4) is 0 Å². The molecular formula is C20H25N3O2. The van der Waals surface area contributed by atoms with E-state index in [4.69, 9.17) is 0 Å². The molecule has 0 unspecified atom stereocenters. The van der Waals surface area contributed by atoms with Gasteiger partial charge in [-0.1, -0.05) is 31.0 Å². The molecule has 5 nitrogen and oxygen atoms in total. The maximum Gasteiger partial charge on any atom is 0.245 e. The smallest absolute Gasteiger partial charge is 0.245 e. The van der Waals surface area contributed by atoms with Crippen LogP contribution in [0.2, 0.25) is 0 Å². The minimum atomic E-state index is -0.292. The van der Waals surface area contributed by atoms with Crippen molar-refractivity contribution >= 4 is 22.7 Å². The molecule has 4 rings (SSSR count). The van der Waals surface area contributed by atoms with Gasteiger partial charge in [-0.3, -0.25) is 9.59 Å². The number of para-hydroxylation sites is 1. The lowest BCUT2D eigenvalue weighted by Crippen LogP contribution is -2.46. The third-order valence-corrected chi connectivity index (χ3v) is 5.55. The number of carbonyl (C=O) groups is 2. The molecule has 0 aliphatic carbocycles. The number of H-pyrrole nitrogens is 1. The lowest BCUT2D eigenvalue weighted by molar-refractivity contribution is -0.141. The van der Waals surface area contributed by atoms with Crippen molar-refractivity contribution < 1.29 is 9.59 Å². The van der Waals surface area contributed by atoms with Gasteiger partial charge in [-0.15, -0.1) is 0 Å². The number of amides is 2. The molecule has 0 bridgehead atoms. The van der Waals surface area contributed by atoms with Crippen molar-refractivity contribution in [2.24, 2.45) is 0 Å². The van der Waals surface area contributed by atoms with Crippen LogP contribution in [0.25, 0.3) is 10.9 Å². The quantitative estimate of drug-likeness (QED) is 0.934. The molecule has 2 amide bonds. The average molecular weight is 339 g/mol. The van der Waals surface area contributed by atoms with Crippen LogP contribution >= 0.6 is 0 Å². The molecule has 0 spiro atoms. The van der Waals surface area contributed by atoms with Crippen molar-refractivity contribution in [3.05, 3.63) is 36.0 Å². The molecule has 2 aliphatic rings. The number of hydrogen-bond donors (Lipinski definition) is 1. The first kappa shape index (κ1) is 16.2. The van der Waals surface area contributed by atoms with Crippen LogP contribution in [0, 0.1) is 0 Å². The van der Waals surface area contributed by atoms with Crippen LogP contribution in [-0.2, 0) is 16.1 Å². The van der Waals surface area contributed by atoms with E-state index < -0.39 is 0 Å². The topological polar surface area (TPSA) is 56.4 Å². The molecule has 1 atom stereocenters. The van der Waals surface area contributed by atoms with E-state index in [0.29, 0.717) is 19.4 Å². The van der Waals surface area contributed by atoms with Crippen LogP contribution in [0.3, 0.4) is 0 Å². The summed E-state index contributed by atoms with van der Waals surface area (Å²) < 4.78 is 0. The van der Waals surface area contributed by atoms with Crippen LogP contribution in [0.15, 0.2) is 30.5 Å². The summed E-state index contributed by atoms with van der Waals surface area (Å²) in [6.45, 7) is 2.18. The molecule has 5 heteroatoms. The van der Waals surface area contributed by atoms with Gasteiger partial charge in [0.15, 0.2) is 0 Å². The van der Waals surface area contributed by atoms with Crippen molar-refractivity contribution in [3.63, 3.8) is 0 Å². The number of hydrogen-bond acceptors (Lipinski definition) is 2. The van der Waals surface area contributed by atoms with E-state index in [1.54, 1.807) is 4.90 Å². The Morgan fingerprint density at radius 3 is 2.68 bits per heavy atom. The normalized spacial score (nSPS) is 21.8. The van der Waals surface area contributed by atoms with Gasteiger partial charge in [0.1, 0.15) is 6.04 Å². The summed E-state index contributed by atoms with van der Waals surface area (Å²) in [6, 6.07) is 7.80. The third kappa shape index (κ3) is 3.15. The van der Waals surface area contributed by atoms with E-state index in [2.05, 4.69) is 11.1 Å². The van der Waals surface area contributed by atoms with Crippen molar-refractivity contribution in [2.75, 3.05) is 13.1 Å². The van der Waals surface area contributed by atoms with Gasteiger partial charge < -0.3 is 14.8 Å². The van der Waals surface area contributed by atoms with Crippen LogP contribution < -0.4 is 0 Å². The number of likely N-dealkylation sites (tertiary alicyclic amines) is 2. The first-order chi connectivity index (χ1) is 12.2. The Hall–Kier alpha value is -2.30. The largest absolute Gasteiger partial charge is 0.361 e. The summed E-state index contributed by atoms with van der Waals surface area (Å²) in [4.78, 5) is 32.5. The number of rotatable bonds is 3. The lowest BCUT2D eigenvalue weighted by Gasteiger charge is -2.29. The summed E-state index contributed by atoms with van der Waals surface area (Å²) in [7, 11) is 0. The van der Waals surface area contributed by atoms with Crippen molar-refractivity contribution in [1.82, 2.24) is 14.8 Å². The highest BCUT2D eigenvalue weighted by molar-refractivity contribution is 5.91.